The molecule has 112 valence electrons. The molecule has 0 spiro atoms. The van der Waals surface area contributed by atoms with E-state index in [1.807, 2.05) is 29.2 Å². The highest BCUT2D eigenvalue weighted by molar-refractivity contribution is 7.07. The van der Waals surface area contributed by atoms with Gasteiger partial charge in [0.15, 0.2) is 5.58 Å². The third-order valence-electron chi connectivity index (χ3n) is 4.27. The van der Waals surface area contributed by atoms with Gasteiger partial charge in [0.25, 0.3) is 0 Å². The van der Waals surface area contributed by atoms with Crippen molar-refractivity contribution in [3.05, 3.63) is 52.3 Å². The Morgan fingerprint density at radius 1 is 1.36 bits per heavy atom. The lowest BCUT2D eigenvalue weighted by atomic mass is 10.1. The van der Waals surface area contributed by atoms with Crippen molar-refractivity contribution < 1.29 is 9.32 Å². The summed E-state index contributed by atoms with van der Waals surface area (Å²) in [7, 11) is 0. The van der Waals surface area contributed by atoms with E-state index in [1.54, 1.807) is 11.3 Å². The van der Waals surface area contributed by atoms with Crippen LogP contribution in [0.4, 0.5) is 0 Å². The molecule has 4 nitrogen and oxygen atoms in total. The molecule has 0 saturated carbocycles. The fraction of sp³-hybridized carbons (Fsp3) is 0.294. The molecule has 22 heavy (non-hydrogen) atoms. The summed E-state index contributed by atoms with van der Waals surface area (Å²) in [6, 6.07) is 10.0. The van der Waals surface area contributed by atoms with Gasteiger partial charge in [-0.05, 0) is 47.4 Å². The van der Waals surface area contributed by atoms with Gasteiger partial charge in [0.2, 0.25) is 5.91 Å². The second kappa shape index (κ2) is 5.57. The molecule has 2 aromatic heterocycles. The van der Waals surface area contributed by atoms with E-state index in [0.29, 0.717) is 6.42 Å². The summed E-state index contributed by atoms with van der Waals surface area (Å²) < 4.78 is 5.29. The fourth-order valence-corrected chi connectivity index (χ4v) is 3.89. The van der Waals surface area contributed by atoms with Gasteiger partial charge < -0.3 is 9.42 Å². The Bertz CT molecular complexity index is 794. The van der Waals surface area contributed by atoms with Gasteiger partial charge >= 0.3 is 0 Å². The summed E-state index contributed by atoms with van der Waals surface area (Å²) in [5, 5.41) is 9.22. The fourth-order valence-electron chi connectivity index (χ4n) is 3.19. The quantitative estimate of drug-likeness (QED) is 0.739. The number of hydrogen-bond acceptors (Lipinski definition) is 4. The predicted octanol–water partition coefficient (Wildman–Crippen LogP) is 3.80. The third-order valence-corrected chi connectivity index (χ3v) is 4.97. The van der Waals surface area contributed by atoms with Gasteiger partial charge in [-0.15, -0.1) is 0 Å². The highest BCUT2D eigenvalue weighted by Gasteiger charge is 2.30. The first-order valence-electron chi connectivity index (χ1n) is 7.48. The Kier molecular flexibility index (Phi) is 3.42. The van der Waals surface area contributed by atoms with E-state index >= 15 is 0 Å². The Morgan fingerprint density at radius 3 is 3.14 bits per heavy atom. The zero-order valence-electron chi connectivity index (χ0n) is 12.1. The van der Waals surface area contributed by atoms with Crippen LogP contribution in [-0.4, -0.2) is 22.5 Å². The van der Waals surface area contributed by atoms with E-state index in [1.165, 1.54) is 5.56 Å². The van der Waals surface area contributed by atoms with Crippen LogP contribution in [0.15, 0.2) is 45.6 Å². The van der Waals surface area contributed by atoms with Crippen LogP contribution in [0.1, 0.15) is 30.1 Å². The number of fused-ring (bicyclic) bond motifs is 1. The minimum Gasteiger partial charge on any atom is -0.356 e. The first-order chi connectivity index (χ1) is 10.8. The Labute approximate surface area is 132 Å². The summed E-state index contributed by atoms with van der Waals surface area (Å²) >= 11 is 1.68. The topological polar surface area (TPSA) is 46.3 Å². The minimum absolute atomic E-state index is 0.132. The van der Waals surface area contributed by atoms with Gasteiger partial charge in [0, 0.05) is 11.9 Å². The van der Waals surface area contributed by atoms with Gasteiger partial charge in [-0.1, -0.05) is 17.3 Å². The lowest BCUT2D eigenvalue weighted by Gasteiger charge is -2.24. The molecule has 0 unspecified atom stereocenters. The van der Waals surface area contributed by atoms with E-state index in [9.17, 15) is 4.79 Å². The van der Waals surface area contributed by atoms with Crippen molar-refractivity contribution in [2.45, 2.75) is 25.3 Å². The SMILES string of the molecule is O=C(Cc1noc2ccccc12)N1CCC[C@@H]1c1ccsc1. The van der Waals surface area contributed by atoms with Crippen molar-refractivity contribution in [1.29, 1.82) is 0 Å². The molecular weight excluding hydrogens is 296 g/mol. The molecule has 0 aliphatic carbocycles. The van der Waals surface area contributed by atoms with E-state index in [2.05, 4.69) is 22.0 Å². The van der Waals surface area contributed by atoms with E-state index in [0.717, 1.165) is 36.0 Å². The number of carbonyl (C=O) groups excluding carboxylic acids is 1. The number of para-hydroxylation sites is 1. The maximum atomic E-state index is 12.7. The van der Waals surface area contributed by atoms with Crippen LogP contribution in [0.25, 0.3) is 11.0 Å². The average Bonchev–Trinajstić information content (AvgIpc) is 3.27. The zero-order valence-corrected chi connectivity index (χ0v) is 12.9. The molecule has 1 aromatic carbocycles. The standard InChI is InChI=1S/C17H16N2O2S/c20-17(10-14-13-4-1-2-6-16(13)21-18-14)19-8-3-5-15(19)12-7-9-22-11-12/h1-2,4,6-7,9,11,15H,3,5,8,10H2/t15-/m1/s1. The highest BCUT2D eigenvalue weighted by atomic mass is 32.1. The molecular formula is C17H16N2O2S. The molecule has 5 heteroatoms. The number of amides is 1. The number of aromatic nitrogens is 1. The van der Waals surface area contributed by atoms with Crippen LogP contribution in [0, 0.1) is 0 Å². The van der Waals surface area contributed by atoms with E-state index in [4.69, 9.17) is 4.52 Å². The van der Waals surface area contributed by atoms with Crippen LogP contribution in [0.3, 0.4) is 0 Å². The molecule has 4 rings (SSSR count). The lowest BCUT2D eigenvalue weighted by Crippen LogP contribution is -2.31. The number of thiophene rings is 1. The predicted molar refractivity (Wildman–Crippen MR) is 85.7 cm³/mol. The number of nitrogens with zero attached hydrogens (tertiary/aromatic N) is 2. The summed E-state index contributed by atoms with van der Waals surface area (Å²) in [6.07, 6.45) is 2.41. The molecule has 1 aliphatic rings. The molecule has 0 N–H and O–H groups in total. The van der Waals surface area contributed by atoms with Crippen molar-refractivity contribution >= 4 is 28.2 Å². The van der Waals surface area contributed by atoms with Crippen LogP contribution >= 0.6 is 11.3 Å². The molecule has 3 aromatic rings. The average molecular weight is 312 g/mol. The van der Waals surface area contributed by atoms with E-state index < -0.39 is 0 Å². The molecule has 1 saturated heterocycles. The molecule has 3 heterocycles. The maximum absolute atomic E-state index is 12.7. The van der Waals surface area contributed by atoms with Crippen LogP contribution < -0.4 is 0 Å². The number of rotatable bonds is 3. The van der Waals surface area contributed by atoms with Crippen molar-refractivity contribution in [1.82, 2.24) is 10.1 Å². The van der Waals surface area contributed by atoms with E-state index in [-0.39, 0.29) is 11.9 Å². The second-order valence-electron chi connectivity index (χ2n) is 5.60. The Morgan fingerprint density at radius 2 is 2.27 bits per heavy atom. The maximum Gasteiger partial charge on any atom is 0.229 e. The van der Waals surface area contributed by atoms with Gasteiger partial charge in [-0.3, -0.25) is 4.79 Å². The third kappa shape index (κ3) is 2.31. The van der Waals surface area contributed by atoms with Gasteiger partial charge in [-0.2, -0.15) is 11.3 Å². The molecule has 0 radical (unpaired) electrons. The minimum atomic E-state index is 0.132. The van der Waals surface area contributed by atoms with Gasteiger partial charge in [-0.25, -0.2) is 0 Å². The number of benzene rings is 1. The first kappa shape index (κ1) is 13.5. The smallest absolute Gasteiger partial charge is 0.229 e. The zero-order chi connectivity index (χ0) is 14.9. The Hall–Kier alpha value is -2.14. The number of likely N-dealkylation sites (tertiary alicyclic amines) is 1. The second-order valence-corrected chi connectivity index (χ2v) is 6.38. The van der Waals surface area contributed by atoms with Crippen LogP contribution in [-0.2, 0) is 11.2 Å². The van der Waals surface area contributed by atoms with Crippen molar-refractivity contribution in [2.75, 3.05) is 6.54 Å². The normalized spacial score (nSPS) is 18.2. The molecule has 0 bridgehead atoms. The summed E-state index contributed by atoms with van der Waals surface area (Å²) in [5.41, 5.74) is 2.72. The molecule has 1 atom stereocenters. The monoisotopic (exact) mass is 312 g/mol. The molecule has 1 amide bonds. The summed E-state index contributed by atoms with van der Waals surface area (Å²) in [4.78, 5) is 14.7. The largest absolute Gasteiger partial charge is 0.356 e. The number of hydrogen-bond donors (Lipinski definition) is 0. The van der Waals surface area contributed by atoms with Crippen molar-refractivity contribution in [2.24, 2.45) is 0 Å². The highest BCUT2D eigenvalue weighted by Crippen LogP contribution is 2.33. The van der Waals surface area contributed by atoms with Crippen LogP contribution in [0.2, 0.25) is 0 Å². The van der Waals surface area contributed by atoms with Crippen molar-refractivity contribution in [3.63, 3.8) is 0 Å². The Balaban J connectivity index is 1.57. The first-order valence-corrected chi connectivity index (χ1v) is 8.42. The number of carbonyl (C=O) groups is 1. The lowest BCUT2D eigenvalue weighted by molar-refractivity contribution is -0.131. The summed E-state index contributed by atoms with van der Waals surface area (Å²) in [6.45, 7) is 0.829. The van der Waals surface area contributed by atoms with Gasteiger partial charge in [0.1, 0.15) is 5.69 Å². The van der Waals surface area contributed by atoms with Crippen LogP contribution in [0.5, 0.6) is 0 Å². The van der Waals surface area contributed by atoms with Crippen molar-refractivity contribution in [3.8, 4) is 0 Å². The summed E-state index contributed by atoms with van der Waals surface area (Å²) in [5.74, 6) is 0.132. The molecule has 1 fully saturated rings. The molecule has 1 aliphatic heterocycles. The van der Waals surface area contributed by atoms with Gasteiger partial charge in [0.05, 0.1) is 12.5 Å².